The van der Waals surface area contributed by atoms with Gasteiger partial charge in [0.2, 0.25) is 10.0 Å². The molecule has 1 aliphatic heterocycles. The van der Waals surface area contributed by atoms with Crippen molar-refractivity contribution in [1.82, 2.24) is 4.31 Å². The number of halogens is 4. The van der Waals surface area contributed by atoms with E-state index in [0.29, 0.717) is 35.8 Å². The van der Waals surface area contributed by atoms with E-state index in [2.05, 4.69) is 0 Å². The molecular formula is C19H19ClF3NO2S2. The van der Waals surface area contributed by atoms with Crippen molar-refractivity contribution in [3.63, 3.8) is 0 Å². The Labute approximate surface area is 171 Å². The Morgan fingerprint density at radius 3 is 2.39 bits per heavy atom. The van der Waals surface area contributed by atoms with Gasteiger partial charge in [-0.25, -0.2) is 12.7 Å². The van der Waals surface area contributed by atoms with Crippen molar-refractivity contribution < 1.29 is 21.6 Å². The molecule has 0 spiro atoms. The number of hydrogen-bond donors (Lipinski definition) is 0. The van der Waals surface area contributed by atoms with Crippen molar-refractivity contribution in [1.29, 1.82) is 0 Å². The monoisotopic (exact) mass is 449 g/mol. The molecule has 0 radical (unpaired) electrons. The average Bonchev–Trinajstić information content (AvgIpc) is 2.88. The molecule has 2 aromatic rings. The van der Waals surface area contributed by atoms with Gasteiger partial charge in [-0.15, -0.1) is 0 Å². The SMILES string of the molecule is O=S(=O)(Cc1ccc(C(F)(F)F)cc1)N1CCSC(c2ccccc2Cl)CC1. The van der Waals surface area contributed by atoms with Crippen molar-refractivity contribution in [3.8, 4) is 0 Å². The van der Waals surface area contributed by atoms with E-state index in [1.165, 1.54) is 16.4 Å². The highest BCUT2D eigenvalue weighted by Crippen LogP contribution is 2.38. The molecule has 0 amide bonds. The Kier molecular flexibility index (Phi) is 6.64. The Bertz CT molecular complexity index is 918. The third-order valence-corrected chi connectivity index (χ3v) is 8.08. The summed E-state index contributed by atoms with van der Waals surface area (Å²) in [5.41, 5.74) is 0.547. The smallest absolute Gasteiger partial charge is 0.212 e. The van der Waals surface area contributed by atoms with Gasteiger partial charge in [-0.1, -0.05) is 41.9 Å². The predicted octanol–water partition coefficient (Wildman–Crippen LogP) is 5.37. The van der Waals surface area contributed by atoms with Crippen LogP contribution in [0, 0.1) is 0 Å². The zero-order valence-corrected chi connectivity index (χ0v) is 17.2. The average molecular weight is 450 g/mol. The fourth-order valence-corrected chi connectivity index (χ4v) is 6.37. The van der Waals surface area contributed by atoms with Crippen LogP contribution < -0.4 is 0 Å². The molecule has 1 saturated heterocycles. The second kappa shape index (κ2) is 8.65. The zero-order chi connectivity index (χ0) is 20.4. The maximum absolute atomic E-state index is 12.8. The van der Waals surface area contributed by atoms with Crippen LogP contribution in [0.25, 0.3) is 0 Å². The van der Waals surface area contributed by atoms with Crippen molar-refractivity contribution in [2.75, 3.05) is 18.8 Å². The van der Waals surface area contributed by atoms with E-state index in [-0.39, 0.29) is 11.0 Å². The maximum atomic E-state index is 12.8. The van der Waals surface area contributed by atoms with Crippen LogP contribution in [0.2, 0.25) is 5.02 Å². The highest BCUT2D eigenvalue weighted by atomic mass is 35.5. The molecule has 28 heavy (non-hydrogen) atoms. The number of thioether (sulfide) groups is 1. The van der Waals surface area contributed by atoms with E-state index in [1.807, 2.05) is 24.3 Å². The van der Waals surface area contributed by atoms with Gasteiger partial charge in [-0.3, -0.25) is 0 Å². The Hall–Kier alpha value is -1.22. The number of sulfonamides is 1. The molecule has 1 aliphatic rings. The molecule has 152 valence electrons. The van der Waals surface area contributed by atoms with Gasteiger partial charge in [0.1, 0.15) is 0 Å². The first kappa shape index (κ1) is 21.5. The van der Waals surface area contributed by atoms with E-state index in [4.69, 9.17) is 11.6 Å². The molecule has 1 unspecified atom stereocenters. The second-order valence-corrected chi connectivity index (χ2v) is 10.2. The molecule has 9 heteroatoms. The van der Waals surface area contributed by atoms with Crippen molar-refractivity contribution >= 4 is 33.4 Å². The van der Waals surface area contributed by atoms with Gasteiger partial charge in [0, 0.05) is 29.1 Å². The van der Waals surface area contributed by atoms with Gasteiger partial charge in [0.15, 0.2) is 0 Å². The summed E-state index contributed by atoms with van der Waals surface area (Å²) in [4.78, 5) is 0. The molecule has 1 fully saturated rings. The summed E-state index contributed by atoms with van der Waals surface area (Å²) < 4.78 is 64.9. The largest absolute Gasteiger partial charge is 0.416 e. The fraction of sp³-hybridized carbons (Fsp3) is 0.368. The van der Waals surface area contributed by atoms with E-state index in [1.54, 1.807) is 11.8 Å². The first-order chi connectivity index (χ1) is 13.2. The lowest BCUT2D eigenvalue weighted by atomic mass is 10.1. The molecule has 3 nitrogen and oxygen atoms in total. The van der Waals surface area contributed by atoms with Crippen molar-refractivity contribution in [2.45, 2.75) is 23.6 Å². The lowest BCUT2D eigenvalue weighted by molar-refractivity contribution is -0.137. The summed E-state index contributed by atoms with van der Waals surface area (Å²) >= 11 is 7.93. The molecule has 0 aromatic heterocycles. The van der Waals surface area contributed by atoms with Crippen LogP contribution in [0.1, 0.15) is 28.4 Å². The third-order valence-electron chi connectivity index (χ3n) is 4.58. The summed E-state index contributed by atoms with van der Waals surface area (Å²) in [7, 11) is -3.62. The molecule has 1 heterocycles. The number of nitrogens with zero attached hydrogens (tertiary/aromatic N) is 1. The van der Waals surface area contributed by atoms with Gasteiger partial charge in [0.05, 0.1) is 11.3 Å². The van der Waals surface area contributed by atoms with Crippen LogP contribution in [0.5, 0.6) is 0 Å². The van der Waals surface area contributed by atoms with E-state index >= 15 is 0 Å². The Balaban J connectivity index is 1.68. The zero-order valence-electron chi connectivity index (χ0n) is 14.8. The molecule has 0 aliphatic carbocycles. The van der Waals surface area contributed by atoms with Crippen LogP contribution in [0.3, 0.4) is 0 Å². The second-order valence-electron chi connectivity index (χ2n) is 6.52. The minimum Gasteiger partial charge on any atom is -0.212 e. The summed E-state index contributed by atoms with van der Waals surface area (Å²) in [6.07, 6.45) is -3.81. The lowest BCUT2D eigenvalue weighted by Gasteiger charge is -2.20. The van der Waals surface area contributed by atoms with Gasteiger partial charge < -0.3 is 0 Å². The van der Waals surface area contributed by atoms with Crippen LogP contribution in [-0.2, 0) is 22.0 Å². The minimum absolute atomic E-state index is 0.111. The van der Waals surface area contributed by atoms with Crippen LogP contribution in [-0.4, -0.2) is 31.6 Å². The number of benzene rings is 2. The maximum Gasteiger partial charge on any atom is 0.416 e. The van der Waals surface area contributed by atoms with Crippen LogP contribution in [0.15, 0.2) is 48.5 Å². The van der Waals surface area contributed by atoms with Gasteiger partial charge >= 0.3 is 6.18 Å². The normalized spacial score (nSPS) is 19.4. The first-order valence-corrected chi connectivity index (χ1v) is 11.7. The van der Waals surface area contributed by atoms with E-state index in [0.717, 1.165) is 17.7 Å². The summed E-state index contributed by atoms with van der Waals surface area (Å²) in [5.74, 6) is 0.314. The minimum atomic E-state index is -4.44. The van der Waals surface area contributed by atoms with Gasteiger partial charge in [-0.2, -0.15) is 24.9 Å². The Morgan fingerprint density at radius 2 is 1.75 bits per heavy atom. The van der Waals surface area contributed by atoms with Crippen LogP contribution >= 0.6 is 23.4 Å². The first-order valence-electron chi connectivity index (χ1n) is 8.67. The highest BCUT2D eigenvalue weighted by Gasteiger charge is 2.31. The summed E-state index contributed by atoms with van der Waals surface area (Å²) in [5, 5.41) is 0.779. The quantitative estimate of drug-likeness (QED) is 0.629. The van der Waals surface area contributed by atoms with Crippen molar-refractivity contribution in [2.24, 2.45) is 0 Å². The predicted molar refractivity (Wildman–Crippen MR) is 107 cm³/mol. The molecule has 0 bridgehead atoms. The molecule has 0 saturated carbocycles. The molecule has 1 atom stereocenters. The van der Waals surface area contributed by atoms with E-state index < -0.39 is 21.8 Å². The Morgan fingerprint density at radius 1 is 1.07 bits per heavy atom. The molecular weight excluding hydrogens is 431 g/mol. The molecule has 2 aromatic carbocycles. The van der Waals surface area contributed by atoms with Crippen LogP contribution in [0.4, 0.5) is 13.2 Å². The van der Waals surface area contributed by atoms with Gasteiger partial charge in [0.25, 0.3) is 0 Å². The summed E-state index contributed by atoms with van der Waals surface area (Å²) in [6.45, 7) is 0.723. The van der Waals surface area contributed by atoms with E-state index in [9.17, 15) is 21.6 Å². The number of rotatable bonds is 4. The molecule has 0 N–H and O–H groups in total. The fourth-order valence-electron chi connectivity index (χ4n) is 3.10. The summed E-state index contributed by atoms with van der Waals surface area (Å²) in [6, 6.07) is 11.8. The standard InChI is InChI=1S/C19H19ClF3NO2S2/c20-17-4-2-1-3-16(17)18-9-10-24(11-12-27-18)28(25,26)13-14-5-7-15(8-6-14)19(21,22)23/h1-8,18H,9-13H2. The third kappa shape index (κ3) is 5.23. The lowest BCUT2D eigenvalue weighted by Crippen LogP contribution is -2.34. The highest BCUT2D eigenvalue weighted by molar-refractivity contribution is 7.99. The number of alkyl halides is 3. The van der Waals surface area contributed by atoms with Crippen molar-refractivity contribution in [3.05, 3.63) is 70.2 Å². The molecule has 3 rings (SSSR count). The number of hydrogen-bond acceptors (Lipinski definition) is 3. The van der Waals surface area contributed by atoms with Gasteiger partial charge in [-0.05, 0) is 35.7 Å². The topological polar surface area (TPSA) is 37.4 Å².